The van der Waals surface area contributed by atoms with Gasteiger partial charge in [-0.1, -0.05) is 6.07 Å². The van der Waals surface area contributed by atoms with Gasteiger partial charge in [0.2, 0.25) is 11.7 Å². The molecular weight excluding hydrogens is 484 g/mol. The third-order valence-corrected chi connectivity index (χ3v) is 5.55. The lowest BCUT2D eigenvalue weighted by Crippen LogP contribution is -2.22. The number of benzene rings is 2. The van der Waals surface area contributed by atoms with Crippen LogP contribution in [0, 0.1) is 5.82 Å². The fourth-order valence-corrected chi connectivity index (χ4v) is 3.93. The Kier molecular flexibility index (Phi) is 6.73. The van der Waals surface area contributed by atoms with Gasteiger partial charge >= 0.3 is 6.36 Å². The number of aromatic nitrogens is 1. The number of rotatable bonds is 7. The van der Waals surface area contributed by atoms with Gasteiger partial charge in [0.1, 0.15) is 11.6 Å². The number of allylic oxidation sites excluding steroid dienone is 2. The molecule has 0 radical (unpaired) electrons. The second-order valence-electron chi connectivity index (χ2n) is 7.89. The van der Waals surface area contributed by atoms with Crippen LogP contribution in [0.15, 0.2) is 52.9 Å². The van der Waals surface area contributed by atoms with Crippen LogP contribution in [0.4, 0.5) is 17.6 Å². The zero-order valence-electron chi connectivity index (χ0n) is 19.1. The molecule has 7 nitrogen and oxygen atoms in total. The number of alkyl halides is 3. The van der Waals surface area contributed by atoms with Gasteiger partial charge in [-0.2, -0.15) is 0 Å². The van der Waals surface area contributed by atoms with E-state index >= 15 is 0 Å². The average Bonchev–Trinajstić information content (AvgIpc) is 3.41. The summed E-state index contributed by atoms with van der Waals surface area (Å²) in [6.07, 6.45) is -0.848. The molecule has 0 bridgehead atoms. The molecule has 4 rings (SSSR count). The molecule has 36 heavy (non-hydrogen) atoms. The Balaban J connectivity index is 1.71. The zero-order valence-corrected chi connectivity index (χ0v) is 19.1. The number of halogens is 4. The van der Waals surface area contributed by atoms with E-state index in [1.165, 1.54) is 44.0 Å². The molecule has 0 fully saturated rings. The van der Waals surface area contributed by atoms with Gasteiger partial charge in [0.05, 0.1) is 26.3 Å². The van der Waals surface area contributed by atoms with Crippen LogP contribution in [-0.4, -0.2) is 29.5 Å². The number of aromatic hydroxyl groups is 1. The quantitative estimate of drug-likeness (QED) is 0.415. The minimum absolute atomic E-state index is 0.0743. The maximum atomic E-state index is 14.1. The van der Waals surface area contributed by atoms with E-state index < -0.39 is 23.7 Å². The van der Waals surface area contributed by atoms with Crippen molar-refractivity contribution in [3.8, 4) is 17.2 Å². The number of oxazole rings is 1. The number of ether oxygens (including phenoxy) is 2. The predicted molar refractivity (Wildman–Crippen MR) is 121 cm³/mol. The molecule has 1 aromatic heterocycles. The fraction of sp³-hybridized carbons (Fsp3) is 0.200. The number of fused-ring (bicyclic) bond motifs is 1. The van der Waals surface area contributed by atoms with Gasteiger partial charge in [0.15, 0.2) is 17.9 Å². The second kappa shape index (κ2) is 9.76. The monoisotopic (exact) mass is 504 g/mol. The molecule has 0 atom stereocenters. The first-order chi connectivity index (χ1) is 17.1. The van der Waals surface area contributed by atoms with Crippen LogP contribution in [-0.2, 0) is 11.3 Å². The molecule has 0 saturated heterocycles. The molecule has 0 unspecified atom stereocenters. The second-order valence-corrected chi connectivity index (χ2v) is 7.89. The lowest BCUT2D eigenvalue weighted by molar-refractivity contribution is -0.275. The van der Waals surface area contributed by atoms with Crippen molar-refractivity contribution >= 4 is 23.1 Å². The Morgan fingerprint density at radius 3 is 2.61 bits per heavy atom. The SMILES string of the molecule is COc1cc(C=C2C(C)=C(CC(=O)NCc3cnco3)c3cc(F)ccc32)cc(OC(F)(F)F)c1O. The highest BCUT2D eigenvalue weighted by molar-refractivity contribution is 6.08. The molecule has 188 valence electrons. The van der Waals surface area contributed by atoms with Crippen molar-refractivity contribution in [2.24, 2.45) is 0 Å². The predicted octanol–water partition coefficient (Wildman–Crippen LogP) is 5.46. The number of amides is 1. The van der Waals surface area contributed by atoms with Crippen LogP contribution in [0.25, 0.3) is 17.2 Å². The Hall–Kier alpha value is -4.28. The molecule has 1 heterocycles. The molecule has 2 aromatic carbocycles. The van der Waals surface area contributed by atoms with Crippen molar-refractivity contribution in [1.29, 1.82) is 0 Å². The Morgan fingerprint density at radius 2 is 1.94 bits per heavy atom. The van der Waals surface area contributed by atoms with Gasteiger partial charge in [0, 0.05) is 0 Å². The fourth-order valence-electron chi connectivity index (χ4n) is 3.93. The van der Waals surface area contributed by atoms with Crippen molar-refractivity contribution in [2.75, 3.05) is 7.11 Å². The van der Waals surface area contributed by atoms with E-state index in [4.69, 9.17) is 9.15 Å². The highest BCUT2D eigenvalue weighted by atomic mass is 19.4. The minimum atomic E-state index is -5.03. The van der Waals surface area contributed by atoms with Gasteiger partial charge in [-0.3, -0.25) is 4.79 Å². The van der Waals surface area contributed by atoms with Crippen molar-refractivity contribution in [2.45, 2.75) is 26.3 Å². The third-order valence-electron chi connectivity index (χ3n) is 5.55. The standard InChI is InChI=1S/C25H20F4N2O5/c1-13-18(5-14-6-21(34-2)24(33)22(7-14)36-25(27,28)29)17-4-3-15(26)8-20(17)19(13)9-23(32)31-11-16-10-30-12-35-16/h3-8,10,12,33H,9,11H2,1-2H3,(H,31,32). The van der Waals surface area contributed by atoms with Crippen molar-refractivity contribution in [3.63, 3.8) is 0 Å². The summed E-state index contributed by atoms with van der Waals surface area (Å²) in [6, 6.07) is 6.43. The summed E-state index contributed by atoms with van der Waals surface area (Å²) in [7, 11) is 1.19. The Morgan fingerprint density at radius 1 is 1.19 bits per heavy atom. The van der Waals surface area contributed by atoms with E-state index in [-0.39, 0.29) is 30.2 Å². The number of nitrogens with zero attached hydrogens (tertiary/aromatic N) is 1. The minimum Gasteiger partial charge on any atom is -0.502 e. The highest BCUT2D eigenvalue weighted by Crippen LogP contribution is 2.45. The molecular formula is C25H20F4N2O5. The number of phenolic OH excluding ortho intramolecular Hbond substituents is 1. The number of hydrogen-bond acceptors (Lipinski definition) is 6. The topological polar surface area (TPSA) is 93.8 Å². The van der Waals surface area contributed by atoms with Crippen LogP contribution in [0.1, 0.15) is 35.8 Å². The van der Waals surface area contributed by atoms with Crippen LogP contribution >= 0.6 is 0 Å². The number of phenols is 1. The third kappa shape index (κ3) is 5.35. The number of hydrogen-bond donors (Lipinski definition) is 2. The normalized spacial score (nSPS) is 14.2. The van der Waals surface area contributed by atoms with Gasteiger partial charge in [0.25, 0.3) is 0 Å². The van der Waals surface area contributed by atoms with Gasteiger partial charge in [-0.15, -0.1) is 13.2 Å². The van der Waals surface area contributed by atoms with E-state index in [2.05, 4.69) is 15.0 Å². The van der Waals surface area contributed by atoms with Gasteiger partial charge in [-0.25, -0.2) is 9.37 Å². The Labute approximate surface area is 202 Å². The summed E-state index contributed by atoms with van der Waals surface area (Å²) in [6.45, 7) is 1.85. The summed E-state index contributed by atoms with van der Waals surface area (Å²) in [5.41, 5.74) is 3.07. The van der Waals surface area contributed by atoms with Gasteiger partial charge in [-0.05, 0) is 70.7 Å². The van der Waals surface area contributed by atoms with E-state index in [1.807, 2.05) is 0 Å². The molecule has 11 heteroatoms. The summed E-state index contributed by atoms with van der Waals surface area (Å²) >= 11 is 0. The smallest absolute Gasteiger partial charge is 0.502 e. The molecule has 1 aliphatic carbocycles. The maximum Gasteiger partial charge on any atom is 0.573 e. The average molecular weight is 504 g/mol. The summed E-state index contributed by atoms with van der Waals surface area (Å²) in [5.74, 6) is -2.25. The maximum absolute atomic E-state index is 14.1. The van der Waals surface area contributed by atoms with Crippen molar-refractivity contribution in [3.05, 3.63) is 76.8 Å². The summed E-state index contributed by atoms with van der Waals surface area (Å²) in [4.78, 5) is 16.4. The number of nitrogens with one attached hydrogen (secondary N) is 1. The molecule has 1 amide bonds. The molecule has 3 aromatic rings. The first-order valence-corrected chi connectivity index (χ1v) is 10.6. The van der Waals surface area contributed by atoms with E-state index in [1.54, 1.807) is 13.0 Å². The summed E-state index contributed by atoms with van der Waals surface area (Å²) in [5, 5.41) is 12.8. The molecule has 0 saturated carbocycles. The lowest BCUT2D eigenvalue weighted by atomic mass is 10.00. The van der Waals surface area contributed by atoms with Crippen molar-refractivity contribution in [1.82, 2.24) is 10.3 Å². The highest BCUT2D eigenvalue weighted by Gasteiger charge is 2.33. The lowest BCUT2D eigenvalue weighted by Gasteiger charge is -2.14. The Bertz CT molecular complexity index is 1360. The van der Waals surface area contributed by atoms with Crippen LogP contribution in [0.2, 0.25) is 0 Å². The van der Waals surface area contributed by atoms with Crippen LogP contribution in [0.3, 0.4) is 0 Å². The largest absolute Gasteiger partial charge is 0.573 e. The summed E-state index contributed by atoms with van der Waals surface area (Å²) < 4.78 is 66.6. The first-order valence-electron chi connectivity index (χ1n) is 10.6. The molecule has 0 spiro atoms. The number of carbonyl (C=O) groups is 1. The van der Waals surface area contributed by atoms with E-state index in [0.717, 1.165) is 6.07 Å². The molecule has 2 N–H and O–H groups in total. The van der Waals surface area contributed by atoms with E-state index in [9.17, 15) is 27.5 Å². The van der Waals surface area contributed by atoms with Crippen LogP contribution < -0.4 is 14.8 Å². The van der Waals surface area contributed by atoms with Gasteiger partial charge < -0.3 is 24.3 Å². The van der Waals surface area contributed by atoms with Crippen molar-refractivity contribution < 1.29 is 41.4 Å². The number of methoxy groups -OCH3 is 1. The molecule has 0 aliphatic heterocycles. The van der Waals surface area contributed by atoms with E-state index in [0.29, 0.717) is 33.6 Å². The first kappa shape index (κ1) is 24.8. The van der Waals surface area contributed by atoms with Crippen LogP contribution in [0.5, 0.6) is 17.2 Å². The zero-order chi connectivity index (χ0) is 26.0. The molecule has 1 aliphatic rings. The number of carbonyl (C=O) groups excluding carboxylic acids is 1.